The largest absolute Gasteiger partial charge is 0.416 e. The number of halogens is 3. The summed E-state index contributed by atoms with van der Waals surface area (Å²) >= 11 is 0. The van der Waals surface area contributed by atoms with Gasteiger partial charge in [-0.05, 0) is 61.4 Å². The van der Waals surface area contributed by atoms with E-state index < -0.39 is 27.8 Å². The number of nitrogens with one attached hydrogen (secondary N) is 3. The zero-order chi connectivity index (χ0) is 25.1. The number of sulfonamides is 1. The Morgan fingerprint density at radius 2 is 1.51 bits per heavy atom. The van der Waals surface area contributed by atoms with E-state index >= 15 is 0 Å². The molecule has 0 bridgehead atoms. The molecule has 2 aliphatic rings. The second kappa shape index (κ2) is 10.5. The lowest BCUT2D eigenvalue weighted by atomic mass is 10.2. The zero-order valence-electron chi connectivity index (χ0n) is 19.0. The Morgan fingerprint density at radius 3 is 2.09 bits per heavy atom. The minimum Gasteiger partial charge on any atom is -0.314 e. The number of rotatable bonds is 6. The molecule has 8 nitrogen and oxygen atoms in total. The summed E-state index contributed by atoms with van der Waals surface area (Å²) in [6.45, 7) is 4.80. The standard InChI is InChI=1S/C23H28F3N5O3S/c24-23(25,26)17-3-5-18(6-4-17)28-22(32)29-19-7-9-21(10-8-19)35(33,34)31-13-1-2-20(31)16-30-14-11-27-12-15-30/h3-10,20,27H,1-2,11-16H2,(H2,28,29,32)/t20-/m0/s1. The van der Waals surface area contributed by atoms with Gasteiger partial charge in [0.15, 0.2) is 0 Å². The SMILES string of the molecule is O=C(Nc1ccc(C(F)(F)F)cc1)Nc1ccc(S(=O)(=O)N2CCC[C@H]2CN2CCNCC2)cc1. The average Bonchev–Trinajstić information content (AvgIpc) is 3.29. The highest BCUT2D eigenvalue weighted by Gasteiger charge is 2.36. The molecule has 1 atom stereocenters. The Labute approximate surface area is 202 Å². The van der Waals surface area contributed by atoms with Crippen molar-refractivity contribution in [1.29, 1.82) is 0 Å². The van der Waals surface area contributed by atoms with E-state index in [-0.39, 0.29) is 16.6 Å². The predicted molar refractivity (Wildman–Crippen MR) is 127 cm³/mol. The molecule has 2 fully saturated rings. The van der Waals surface area contributed by atoms with Crippen LogP contribution >= 0.6 is 0 Å². The van der Waals surface area contributed by atoms with E-state index in [4.69, 9.17) is 0 Å². The molecule has 0 radical (unpaired) electrons. The van der Waals surface area contributed by atoms with E-state index in [2.05, 4.69) is 20.9 Å². The first-order chi connectivity index (χ1) is 16.6. The molecular formula is C23H28F3N5O3S. The maximum atomic E-state index is 13.3. The minimum atomic E-state index is -4.46. The van der Waals surface area contributed by atoms with Crippen molar-refractivity contribution in [2.45, 2.75) is 30.0 Å². The van der Waals surface area contributed by atoms with Crippen molar-refractivity contribution < 1.29 is 26.4 Å². The molecule has 2 aliphatic heterocycles. The van der Waals surface area contributed by atoms with Gasteiger partial charge in [0.05, 0.1) is 10.5 Å². The van der Waals surface area contributed by atoms with Crippen LogP contribution in [-0.2, 0) is 16.2 Å². The maximum Gasteiger partial charge on any atom is 0.416 e. The summed E-state index contributed by atoms with van der Waals surface area (Å²) in [6, 6.07) is 9.22. The van der Waals surface area contributed by atoms with Crippen LogP contribution in [-0.4, -0.2) is 69.0 Å². The first-order valence-corrected chi connectivity index (χ1v) is 12.9. The lowest BCUT2D eigenvalue weighted by Crippen LogP contribution is -2.49. The summed E-state index contributed by atoms with van der Waals surface area (Å²) < 4.78 is 66.1. The van der Waals surface area contributed by atoms with E-state index in [1.54, 1.807) is 4.31 Å². The Kier molecular flexibility index (Phi) is 7.64. The summed E-state index contributed by atoms with van der Waals surface area (Å²) in [5.41, 5.74) is -0.264. The highest BCUT2D eigenvalue weighted by atomic mass is 32.2. The average molecular weight is 512 g/mol. The molecule has 0 spiro atoms. The van der Waals surface area contributed by atoms with Gasteiger partial charge in [0.25, 0.3) is 0 Å². The smallest absolute Gasteiger partial charge is 0.314 e. The van der Waals surface area contributed by atoms with E-state index in [1.807, 2.05) is 0 Å². The lowest BCUT2D eigenvalue weighted by Gasteiger charge is -2.32. The topological polar surface area (TPSA) is 93.8 Å². The third-order valence-corrected chi connectivity index (χ3v) is 8.16. The number of nitrogens with zero attached hydrogens (tertiary/aromatic N) is 2. The third-order valence-electron chi connectivity index (χ3n) is 6.19. The first-order valence-electron chi connectivity index (χ1n) is 11.4. The number of anilines is 2. The van der Waals surface area contributed by atoms with Crippen LogP contribution in [0.4, 0.5) is 29.3 Å². The van der Waals surface area contributed by atoms with Crippen LogP contribution in [0.15, 0.2) is 53.4 Å². The number of benzene rings is 2. The van der Waals surface area contributed by atoms with Gasteiger partial charge in [-0.2, -0.15) is 17.5 Å². The summed E-state index contributed by atoms with van der Waals surface area (Å²) in [6.07, 6.45) is -2.81. The van der Waals surface area contributed by atoms with E-state index in [0.29, 0.717) is 18.8 Å². The molecule has 3 N–H and O–H groups in total. The quantitative estimate of drug-likeness (QED) is 0.553. The van der Waals surface area contributed by atoms with Crippen molar-refractivity contribution in [2.75, 3.05) is 49.9 Å². The molecule has 2 aromatic rings. The molecule has 4 rings (SSSR count). The predicted octanol–water partition coefficient (Wildman–Crippen LogP) is 3.41. The van der Waals surface area contributed by atoms with Gasteiger partial charge in [-0.15, -0.1) is 0 Å². The molecule has 2 aromatic carbocycles. The van der Waals surface area contributed by atoms with Crippen LogP contribution in [0.25, 0.3) is 0 Å². The summed E-state index contributed by atoms with van der Waals surface area (Å²) in [7, 11) is -3.68. The molecule has 2 heterocycles. The summed E-state index contributed by atoms with van der Waals surface area (Å²) in [5.74, 6) is 0. The highest BCUT2D eigenvalue weighted by Crippen LogP contribution is 2.30. The number of piperazine rings is 1. The fraction of sp³-hybridized carbons (Fsp3) is 0.435. The highest BCUT2D eigenvalue weighted by molar-refractivity contribution is 7.89. The van der Waals surface area contributed by atoms with Crippen molar-refractivity contribution in [3.63, 3.8) is 0 Å². The second-order valence-electron chi connectivity index (χ2n) is 8.64. The molecule has 0 saturated carbocycles. The van der Waals surface area contributed by atoms with Gasteiger partial charge in [-0.25, -0.2) is 13.2 Å². The van der Waals surface area contributed by atoms with Crippen LogP contribution in [0.1, 0.15) is 18.4 Å². The maximum absolute atomic E-state index is 13.3. The number of amides is 2. The van der Waals surface area contributed by atoms with E-state index in [1.165, 1.54) is 24.3 Å². The molecule has 0 aliphatic carbocycles. The molecule has 190 valence electrons. The molecule has 0 unspecified atom stereocenters. The number of carbonyl (C=O) groups is 1. The molecule has 35 heavy (non-hydrogen) atoms. The van der Waals surface area contributed by atoms with E-state index in [0.717, 1.165) is 63.3 Å². The monoisotopic (exact) mass is 511 g/mol. The minimum absolute atomic E-state index is 0.0644. The number of alkyl halides is 3. The van der Waals surface area contributed by atoms with Crippen LogP contribution in [0.5, 0.6) is 0 Å². The first kappa shape index (κ1) is 25.4. The molecule has 2 amide bonds. The van der Waals surface area contributed by atoms with Crippen molar-refractivity contribution in [3.05, 3.63) is 54.1 Å². The molecule has 12 heteroatoms. The van der Waals surface area contributed by atoms with Crippen LogP contribution < -0.4 is 16.0 Å². The molecular weight excluding hydrogens is 483 g/mol. The van der Waals surface area contributed by atoms with Gasteiger partial charge < -0.3 is 16.0 Å². The Balaban J connectivity index is 1.36. The van der Waals surface area contributed by atoms with Crippen LogP contribution in [0.3, 0.4) is 0 Å². The van der Waals surface area contributed by atoms with Crippen LogP contribution in [0.2, 0.25) is 0 Å². The number of urea groups is 1. The Hall–Kier alpha value is -2.67. The normalized spacial score (nSPS) is 20.0. The molecule has 2 saturated heterocycles. The van der Waals surface area contributed by atoms with Gasteiger partial charge in [0.2, 0.25) is 10.0 Å². The van der Waals surface area contributed by atoms with E-state index in [9.17, 15) is 26.4 Å². The van der Waals surface area contributed by atoms with Crippen molar-refractivity contribution in [1.82, 2.24) is 14.5 Å². The fourth-order valence-corrected chi connectivity index (χ4v) is 6.07. The zero-order valence-corrected chi connectivity index (χ0v) is 19.8. The van der Waals surface area contributed by atoms with Gasteiger partial charge in [-0.3, -0.25) is 4.90 Å². The number of carbonyl (C=O) groups excluding carboxylic acids is 1. The van der Waals surface area contributed by atoms with Crippen molar-refractivity contribution >= 4 is 27.4 Å². The Bertz CT molecular complexity index is 1120. The summed E-state index contributed by atoms with van der Waals surface area (Å²) in [4.78, 5) is 14.6. The van der Waals surface area contributed by atoms with Gasteiger partial charge in [-0.1, -0.05) is 0 Å². The second-order valence-corrected chi connectivity index (χ2v) is 10.5. The number of hydrogen-bond donors (Lipinski definition) is 3. The lowest BCUT2D eigenvalue weighted by molar-refractivity contribution is -0.137. The Morgan fingerprint density at radius 1 is 0.943 bits per heavy atom. The molecule has 0 aromatic heterocycles. The fourth-order valence-electron chi connectivity index (χ4n) is 4.38. The van der Waals surface area contributed by atoms with Gasteiger partial charge in [0, 0.05) is 56.7 Å². The van der Waals surface area contributed by atoms with Gasteiger partial charge >= 0.3 is 12.2 Å². The summed E-state index contributed by atoms with van der Waals surface area (Å²) in [5, 5.41) is 8.30. The van der Waals surface area contributed by atoms with Crippen molar-refractivity contribution in [2.24, 2.45) is 0 Å². The van der Waals surface area contributed by atoms with Crippen LogP contribution in [0, 0.1) is 0 Å². The third kappa shape index (κ3) is 6.31. The van der Waals surface area contributed by atoms with Crippen molar-refractivity contribution in [3.8, 4) is 0 Å². The number of hydrogen-bond acceptors (Lipinski definition) is 5. The van der Waals surface area contributed by atoms with Gasteiger partial charge in [0.1, 0.15) is 0 Å².